The molecule has 2 N–H and O–H groups in total. The number of fused-ring (bicyclic) bond motifs is 1. The Morgan fingerprint density at radius 2 is 1.90 bits per heavy atom. The van der Waals surface area contributed by atoms with E-state index in [1.807, 2.05) is 0 Å². The molecule has 0 aliphatic heterocycles. The molecule has 0 unspecified atom stereocenters. The molecule has 3 nitrogen and oxygen atoms in total. The van der Waals surface area contributed by atoms with E-state index in [-0.39, 0.29) is 17.5 Å². The van der Waals surface area contributed by atoms with Crippen molar-refractivity contribution >= 4 is 32.9 Å². The zero-order valence-corrected chi connectivity index (χ0v) is 12.1. The van der Waals surface area contributed by atoms with Crippen LogP contribution in [-0.2, 0) is 0 Å². The Bertz CT molecular complexity index is 827. The summed E-state index contributed by atoms with van der Waals surface area (Å²) in [7, 11) is 0. The predicted molar refractivity (Wildman–Crippen MR) is 77.8 cm³/mol. The van der Waals surface area contributed by atoms with Crippen LogP contribution in [0.1, 0.15) is 5.56 Å². The molecule has 0 spiro atoms. The topological polar surface area (TPSA) is 43.8 Å². The van der Waals surface area contributed by atoms with Crippen molar-refractivity contribution in [2.45, 2.75) is 6.92 Å². The third-order valence-electron chi connectivity index (χ3n) is 3.11. The van der Waals surface area contributed by atoms with Crippen LogP contribution in [0, 0.1) is 18.6 Å². The third kappa shape index (κ3) is 1.96. The van der Waals surface area contributed by atoms with Gasteiger partial charge in [0, 0.05) is 10.5 Å². The smallest absolute Gasteiger partial charge is 0.206 e. The van der Waals surface area contributed by atoms with E-state index in [4.69, 9.17) is 5.73 Å². The highest BCUT2D eigenvalue weighted by atomic mass is 79.9. The summed E-state index contributed by atoms with van der Waals surface area (Å²) in [6.07, 6.45) is 0. The fourth-order valence-electron chi connectivity index (χ4n) is 2.14. The van der Waals surface area contributed by atoms with Gasteiger partial charge in [0.15, 0.2) is 0 Å². The quantitative estimate of drug-likeness (QED) is 0.730. The summed E-state index contributed by atoms with van der Waals surface area (Å²) in [6.45, 7) is 1.64. The van der Waals surface area contributed by atoms with Crippen molar-refractivity contribution in [2.75, 3.05) is 5.73 Å². The van der Waals surface area contributed by atoms with Crippen LogP contribution < -0.4 is 5.73 Å². The van der Waals surface area contributed by atoms with Crippen molar-refractivity contribution < 1.29 is 8.78 Å². The van der Waals surface area contributed by atoms with E-state index in [9.17, 15) is 8.78 Å². The molecule has 0 atom stereocenters. The molecule has 2 aromatic carbocycles. The maximum Gasteiger partial charge on any atom is 0.206 e. The molecule has 0 bridgehead atoms. The minimum atomic E-state index is -0.438. The Labute approximate surface area is 122 Å². The third-order valence-corrected chi connectivity index (χ3v) is 3.60. The number of nitrogen functional groups attached to an aromatic ring is 1. The van der Waals surface area contributed by atoms with Gasteiger partial charge in [0.1, 0.15) is 11.6 Å². The van der Waals surface area contributed by atoms with Crippen molar-refractivity contribution in [3.63, 3.8) is 0 Å². The van der Waals surface area contributed by atoms with Gasteiger partial charge in [0.2, 0.25) is 5.95 Å². The zero-order valence-electron chi connectivity index (χ0n) is 10.5. The second-order valence-electron chi connectivity index (χ2n) is 4.49. The molecule has 20 heavy (non-hydrogen) atoms. The first kappa shape index (κ1) is 13.1. The van der Waals surface area contributed by atoms with Gasteiger partial charge in [-0.05, 0) is 36.8 Å². The molecule has 0 amide bonds. The minimum absolute atomic E-state index is 0.117. The number of imidazole rings is 1. The second kappa shape index (κ2) is 4.56. The van der Waals surface area contributed by atoms with Crippen LogP contribution >= 0.6 is 15.9 Å². The number of hydrogen-bond acceptors (Lipinski definition) is 2. The molecule has 0 radical (unpaired) electrons. The molecule has 1 heterocycles. The molecule has 0 fully saturated rings. The fourth-order valence-corrected chi connectivity index (χ4v) is 2.47. The van der Waals surface area contributed by atoms with Crippen LogP contribution in [0.2, 0.25) is 0 Å². The summed E-state index contributed by atoms with van der Waals surface area (Å²) in [4.78, 5) is 4.08. The molecule has 0 saturated carbocycles. The lowest BCUT2D eigenvalue weighted by atomic mass is 10.2. The zero-order chi connectivity index (χ0) is 14.4. The number of halogens is 3. The van der Waals surface area contributed by atoms with Crippen molar-refractivity contribution in [1.82, 2.24) is 9.55 Å². The molecule has 0 saturated heterocycles. The average molecular weight is 338 g/mol. The number of anilines is 1. The molecule has 0 aliphatic rings. The molecule has 6 heteroatoms. The van der Waals surface area contributed by atoms with E-state index in [2.05, 4.69) is 20.9 Å². The molecule has 3 rings (SSSR count). The van der Waals surface area contributed by atoms with Gasteiger partial charge in [0.25, 0.3) is 0 Å². The minimum Gasteiger partial charge on any atom is -0.369 e. The Kier molecular flexibility index (Phi) is 2.97. The molecular formula is C14H10BrF2N3. The monoisotopic (exact) mass is 337 g/mol. The Morgan fingerprint density at radius 3 is 2.60 bits per heavy atom. The molecule has 1 aromatic heterocycles. The summed E-state index contributed by atoms with van der Waals surface area (Å²) in [6, 6.07) is 7.55. The summed E-state index contributed by atoms with van der Waals surface area (Å²) in [5, 5.41) is 0. The SMILES string of the molecule is Cc1cc2c(cc1F)nc(N)n2-c1ccc(Br)cc1F. The maximum absolute atomic E-state index is 14.1. The standard InChI is InChI=1S/C14H10BrF2N3/c1-7-4-13-11(6-9(7)16)19-14(18)20(13)12-3-2-8(15)5-10(12)17/h2-6H,1H3,(H2,18,19). The summed E-state index contributed by atoms with van der Waals surface area (Å²) in [5.41, 5.74) is 7.54. The number of rotatable bonds is 1. The first-order valence-corrected chi connectivity index (χ1v) is 6.66. The lowest BCUT2D eigenvalue weighted by molar-refractivity contribution is 0.618. The first-order valence-electron chi connectivity index (χ1n) is 5.87. The highest BCUT2D eigenvalue weighted by Crippen LogP contribution is 2.28. The van der Waals surface area contributed by atoms with Crippen LogP contribution in [0.5, 0.6) is 0 Å². The summed E-state index contributed by atoms with van der Waals surface area (Å²) in [5.74, 6) is -0.683. The molecule has 0 aliphatic carbocycles. The summed E-state index contributed by atoms with van der Waals surface area (Å²) < 4.78 is 29.8. The number of nitrogens with zero attached hydrogens (tertiary/aromatic N) is 2. The highest BCUT2D eigenvalue weighted by Gasteiger charge is 2.15. The van der Waals surface area contributed by atoms with Crippen LogP contribution in [0.15, 0.2) is 34.8 Å². The highest BCUT2D eigenvalue weighted by molar-refractivity contribution is 9.10. The fraction of sp³-hybridized carbons (Fsp3) is 0.0714. The Hall–Kier alpha value is -1.95. The van der Waals surface area contributed by atoms with Crippen molar-refractivity contribution in [1.29, 1.82) is 0 Å². The number of hydrogen-bond donors (Lipinski definition) is 1. The van der Waals surface area contributed by atoms with Gasteiger partial charge in [-0.25, -0.2) is 13.8 Å². The van der Waals surface area contributed by atoms with E-state index in [0.29, 0.717) is 21.1 Å². The van der Waals surface area contributed by atoms with Crippen LogP contribution in [-0.4, -0.2) is 9.55 Å². The molecule has 3 aromatic rings. The van der Waals surface area contributed by atoms with Crippen LogP contribution in [0.25, 0.3) is 16.7 Å². The van der Waals surface area contributed by atoms with Crippen molar-refractivity contribution in [2.24, 2.45) is 0 Å². The lowest BCUT2D eigenvalue weighted by Crippen LogP contribution is -2.03. The van der Waals surface area contributed by atoms with Crippen LogP contribution in [0.3, 0.4) is 0 Å². The van der Waals surface area contributed by atoms with E-state index >= 15 is 0 Å². The van der Waals surface area contributed by atoms with E-state index in [1.165, 1.54) is 16.7 Å². The number of aryl methyl sites for hydroxylation is 1. The van der Waals surface area contributed by atoms with E-state index in [0.717, 1.165) is 0 Å². The predicted octanol–water partition coefficient (Wildman–Crippen LogP) is 3.96. The van der Waals surface area contributed by atoms with Gasteiger partial charge in [-0.2, -0.15) is 0 Å². The first-order chi connectivity index (χ1) is 9.47. The van der Waals surface area contributed by atoms with Gasteiger partial charge >= 0.3 is 0 Å². The molecular weight excluding hydrogens is 328 g/mol. The number of benzene rings is 2. The lowest BCUT2D eigenvalue weighted by Gasteiger charge is -2.08. The van der Waals surface area contributed by atoms with Gasteiger partial charge in [-0.1, -0.05) is 15.9 Å². The molecule has 102 valence electrons. The number of aromatic nitrogens is 2. The van der Waals surface area contributed by atoms with E-state index < -0.39 is 5.82 Å². The van der Waals surface area contributed by atoms with Crippen LogP contribution in [0.4, 0.5) is 14.7 Å². The second-order valence-corrected chi connectivity index (χ2v) is 5.41. The van der Waals surface area contributed by atoms with Gasteiger partial charge in [0.05, 0.1) is 16.7 Å². The normalized spacial score (nSPS) is 11.2. The van der Waals surface area contributed by atoms with Gasteiger partial charge < -0.3 is 5.73 Å². The van der Waals surface area contributed by atoms with Crippen molar-refractivity contribution in [3.05, 3.63) is 52.0 Å². The van der Waals surface area contributed by atoms with Crippen molar-refractivity contribution in [3.8, 4) is 5.69 Å². The maximum atomic E-state index is 14.1. The van der Waals surface area contributed by atoms with Gasteiger partial charge in [-0.15, -0.1) is 0 Å². The average Bonchev–Trinajstić information content (AvgIpc) is 2.66. The Morgan fingerprint density at radius 1 is 1.15 bits per heavy atom. The summed E-state index contributed by atoms with van der Waals surface area (Å²) >= 11 is 3.20. The van der Waals surface area contributed by atoms with E-state index in [1.54, 1.807) is 25.1 Å². The number of nitrogens with two attached hydrogens (primary N) is 1. The Balaban J connectivity index is 2.35. The van der Waals surface area contributed by atoms with Gasteiger partial charge in [-0.3, -0.25) is 4.57 Å². The largest absolute Gasteiger partial charge is 0.369 e.